The van der Waals surface area contributed by atoms with Crippen molar-refractivity contribution in [3.05, 3.63) is 53.2 Å². The van der Waals surface area contributed by atoms with Crippen LogP contribution in [-0.2, 0) is 3.79 Å². The van der Waals surface area contributed by atoms with Gasteiger partial charge in [0.25, 0.3) is 0 Å². The Morgan fingerprint density at radius 1 is 1.00 bits per heavy atom. The normalized spacial score (nSPS) is 11.3. The number of ether oxygens (including phenoxy) is 1. The smallest absolute Gasteiger partial charge is 0.232 e. The van der Waals surface area contributed by atoms with Gasteiger partial charge in [0.05, 0.1) is 5.69 Å². The maximum absolute atomic E-state index is 5.85. The maximum atomic E-state index is 5.85. The van der Waals surface area contributed by atoms with E-state index in [9.17, 15) is 0 Å². The van der Waals surface area contributed by atoms with Gasteiger partial charge in [-0.3, -0.25) is 0 Å². The molecule has 0 atom stereocenters. The van der Waals surface area contributed by atoms with Crippen LogP contribution in [0.2, 0.25) is 5.02 Å². The molecule has 0 radical (unpaired) electrons. The van der Waals surface area contributed by atoms with Gasteiger partial charge in [0.15, 0.2) is 0 Å². The molecule has 0 unspecified atom stereocenters. The summed E-state index contributed by atoms with van der Waals surface area (Å²) in [4.78, 5) is 4.11. The zero-order valence-electron chi connectivity index (χ0n) is 8.91. The lowest BCUT2D eigenvalue weighted by molar-refractivity contribution is 0.461. The molecule has 2 nitrogen and oxygen atoms in total. The van der Waals surface area contributed by atoms with E-state index in [4.69, 9.17) is 51.1 Å². The summed E-state index contributed by atoms with van der Waals surface area (Å²) in [5.41, 5.74) is 0.298. The number of nitrogens with zero attached hydrogens (tertiary/aromatic N) is 1. The van der Waals surface area contributed by atoms with Crippen LogP contribution in [0, 0.1) is 0 Å². The number of aromatic nitrogens is 1. The van der Waals surface area contributed by atoms with Crippen LogP contribution in [0.1, 0.15) is 5.69 Å². The van der Waals surface area contributed by atoms with Gasteiger partial charge in [-0.15, -0.1) is 0 Å². The molecule has 2 aromatic rings. The second kappa shape index (κ2) is 5.54. The SMILES string of the molecule is Clc1cccc(Oc2cccc(C(Cl)(Cl)Cl)n2)c1. The van der Waals surface area contributed by atoms with Crippen molar-refractivity contribution in [2.75, 3.05) is 0 Å². The molecule has 0 N–H and O–H groups in total. The molecule has 94 valence electrons. The molecule has 0 saturated heterocycles. The van der Waals surface area contributed by atoms with Gasteiger partial charge in [0.2, 0.25) is 9.67 Å². The highest BCUT2D eigenvalue weighted by atomic mass is 35.6. The second-order valence-electron chi connectivity index (χ2n) is 3.42. The first-order valence-electron chi connectivity index (χ1n) is 4.93. The molecule has 0 bridgehead atoms. The fraction of sp³-hybridized carbons (Fsp3) is 0.0833. The van der Waals surface area contributed by atoms with E-state index < -0.39 is 3.79 Å². The number of alkyl halides is 3. The van der Waals surface area contributed by atoms with Gasteiger partial charge >= 0.3 is 0 Å². The molecule has 0 amide bonds. The molecule has 1 aromatic heterocycles. The van der Waals surface area contributed by atoms with E-state index in [0.29, 0.717) is 22.3 Å². The third kappa shape index (κ3) is 3.66. The molecule has 1 heterocycles. The van der Waals surface area contributed by atoms with E-state index in [0.717, 1.165) is 0 Å². The summed E-state index contributed by atoms with van der Waals surface area (Å²) >= 11 is 23.1. The van der Waals surface area contributed by atoms with Crippen LogP contribution in [0.5, 0.6) is 11.6 Å². The molecule has 2 rings (SSSR count). The molecule has 1 aromatic carbocycles. The summed E-state index contributed by atoms with van der Waals surface area (Å²) in [5.74, 6) is 0.901. The molecule has 0 spiro atoms. The van der Waals surface area contributed by atoms with Crippen LogP contribution in [0.3, 0.4) is 0 Å². The van der Waals surface area contributed by atoms with Gasteiger partial charge in [0, 0.05) is 11.1 Å². The predicted octanol–water partition coefficient (Wildman–Crippen LogP) is 5.35. The van der Waals surface area contributed by atoms with Crippen molar-refractivity contribution < 1.29 is 4.74 Å². The van der Waals surface area contributed by atoms with E-state index in [1.54, 1.807) is 42.5 Å². The fourth-order valence-electron chi connectivity index (χ4n) is 1.28. The van der Waals surface area contributed by atoms with Crippen molar-refractivity contribution in [2.45, 2.75) is 3.79 Å². The molecule has 0 fully saturated rings. The van der Waals surface area contributed by atoms with Gasteiger partial charge in [-0.2, -0.15) is 0 Å². The number of hydrogen-bond acceptors (Lipinski definition) is 2. The summed E-state index contributed by atoms with van der Waals surface area (Å²) in [6, 6.07) is 11.9. The van der Waals surface area contributed by atoms with E-state index in [2.05, 4.69) is 4.98 Å². The lowest BCUT2D eigenvalue weighted by Gasteiger charge is -2.11. The Kier molecular flexibility index (Phi) is 4.23. The number of halogens is 4. The van der Waals surface area contributed by atoms with Gasteiger partial charge in [0.1, 0.15) is 5.75 Å². The van der Waals surface area contributed by atoms with Crippen LogP contribution in [0.4, 0.5) is 0 Å². The summed E-state index contributed by atoms with van der Waals surface area (Å²) in [5, 5.41) is 0.574. The number of rotatable bonds is 2. The van der Waals surface area contributed by atoms with Gasteiger partial charge < -0.3 is 4.74 Å². The summed E-state index contributed by atoms with van der Waals surface area (Å²) in [6.07, 6.45) is 0. The average molecular weight is 323 g/mol. The highest BCUT2D eigenvalue weighted by Gasteiger charge is 2.24. The Morgan fingerprint density at radius 3 is 2.39 bits per heavy atom. The van der Waals surface area contributed by atoms with Crippen LogP contribution >= 0.6 is 46.4 Å². The van der Waals surface area contributed by atoms with Crippen molar-refractivity contribution >= 4 is 46.4 Å². The first-order chi connectivity index (χ1) is 8.45. The highest BCUT2D eigenvalue weighted by molar-refractivity contribution is 6.66. The van der Waals surface area contributed by atoms with Crippen molar-refractivity contribution in [2.24, 2.45) is 0 Å². The van der Waals surface area contributed by atoms with E-state index in [-0.39, 0.29) is 0 Å². The van der Waals surface area contributed by atoms with Gasteiger partial charge in [-0.25, -0.2) is 4.98 Å². The molecule has 0 aliphatic heterocycles. The molecule has 0 saturated carbocycles. The molecule has 0 aliphatic rings. The standard InChI is InChI=1S/C12H7Cl4NO/c13-8-3-1-4-9(7-8)18-11-6-2-5-10(17-11)12(14,15)16/h1-7H. The molecule has 0 aliphatic carbocycles. The first kappa shape index (κ1) is 13.8. The third-order valence-corrected chi connectivity index (χ3v) is 2.85. The van der Waals surface area contributed by atoms with E-state index >= 15 is 0 Å². The Bertz CT molecular complexity index is 554. The largest absolute Gasteiger partial charge is 0.439 e. The van der Waals surface area contributed by atoms with Crippen molar-refractivity contribution in [3.63, 3.8) is 0 Å². The van der Waals surface area contributed by atoms with Crippen molar-refractivity contribution in [1.29, 1.82) is 0 Å². The van der Waals surface area contributed by atoms with Crippen LogP contribution in [0.15, 0.2) is 42.5 Å². The summed E-state index contributed by atoms with van der Waals surface area (Å²) in [6.45, 7) is 0. The lowest BCUT2D eigenvalue weighted by atomic mass is 10.3. The number of pyridine rings is 1. The Hall–Kier alpha value is -0.670. The highest BCUT2D eigenvalue weighted by Crippen LogP contribution is 2.37. The van der Waals surface area contributed by atoms with Crippen LogP contribution in [0.25, 0.3) is 0 Å². The predicted molar refractivity (Wildman–Crippen MR) is 75.0 cm³/mol. The number of benzene rings is 1. The fourth-order valence-corrected chi connectivity index (χ4v) is 1.78. The zero-order chi connectivity index (χ0) is 13.2. The Balaban J connectivity index is 2.25. The Labute approximate surface area is 124 Å². The Morgan fingerprint density at radius 2 is 1.72 bits per heavy atom. The lowest BCUT2D eigenvalue weighted by Crippen LogP contribution is -2.03. The minimum absolute atomic E-state index is 0.298. The van der Waals surface area contributed by atoms with Crippen LogP contribution in [-0.4, -0.2) is 4.98 Å². The summed E-state index contributed by atoms with van der Waals surface area (Å²) < 4.78 is 3.95. The summed E-state index contributed by atoms with van der Waals surface area (Å²) in [7, 11) is 0. The topological polar surface area (TPSA) is 22.1 Å². The minimum atomic E-state index is -1.58. The first-order valence-corrected chi connectivity index (χ1v) is 6.44. The molecular weight excluding hydrogens is 316 g/mol. The third-order valence-electron chi connectivity index (χ3n) is 2.03. The van der Waals surface area contributed by atoms with Gasteiger partial charge in [-0.05, 0) is 24.3 Å². The van der Waals surface area contributed by atoms with Crippen molar-refractivity contribution in [1.82, 2.24) is 4.98 Å². The molecular formula is C12H7Cl4NO. The van der Waals surface area contributed by atoms with E-state index in [1.165, 1.54) is 0 Å². The van der Waals surface area contributed by atoms with E-state index in [1.807, 2.05) is 0 Å². The van der Waals surface area contributed by atoms with Crippen LogP contribution < -0.4 is 4.74 Å². The molecule has 18 heavy (non-hydrogen) atoms. The second-order valence-corrected chi connectivity index (χ2v) is 6.14. The monoisotopic (exact) mass is 321 g/mol. The quantitative estimate of drug-likeness (QED) is 0.695. The minimum Gasteiger partial charge on any atom is -0.439 e. The molecule has 6 heteroatoms. The zero-order valence-corrected chi connectivity index (χ0v) is 11.9. The maximum Gasteiger partial charge on any atom is 0.232 e. The average Bonchev–Trinajstić information content (AvgIpc) is 2.28. The number of hydrogen-bond donors (Lipinski definition) is 0. The van der Waals surface area contributed by atoms with Gasteiger partial charge in [-0.1, -0.05) is 58.5 Å². The van der Waals surface area contributed by atoms with Crippen molar-refractivity contribution in [3.8, 4) is 11.6 Å².